The van der Waals surface area contributed by atoms with E-state index in [2.05, 4.69) is 15.2 Å². The highest BCUT2D eigenvalue weighted by molar-refractivity contribution is 7.20. The highest BCUT2D eigenvalue weighted by atomic mass is 32.1. The van der Waals surface area contributed by atoms with E-state index >= 15 is 0 Å². The monoisotopic (exact) mass is 384 g/mol. The van der Waals surface area contributed by atoms with Gasteiger partial charge in [-0.1, -0.05) is 0 Å². The maximum atomic E-state index is 12.7. The van der Waals surface area contributed by atoms with Gasteiger partial charge in [0.15, 0.2) is 0 Å². The predicted octanol–water partition coefficient (Wildman–Crippen LogP) is 2.36. The summed E-state index contributed by atoms with van der Waals surface area (Å²) in [5, 5.41) is 4.12. The number of carbonyl (C=O) groups is 2. The highest BCUT2D eigenvalue weighted by Crippen LogP contribution is 2.29. The molecule has 142 valence electrons. The van der Waals surface area contributed by atoms with Crippen molar-refractivity contribution in [3.05, 3.63) is 28.9 Å². The van der Waals surface area contributed by atoms with Gasteiger partial charge in [0.05, 0.1) is 4.88 Å². The molecule has 7 heteroatoms. The number of hydrogen-bond donors (Lipinski definition) is 1. The number of amides is 2. The van der Waals surface area contributed by atoms with E-state index in [1.807, 2.05) is 17.0 Å². The van der Waals surface area contributed by atoms with E-state index < -0.39 is 0 Å². The molecule has 0 radical (unpaired) electrons. The first kappa shape index (κ1) is 17.1. The Bertz CT molecular complexity index is 881. The average molecular weight is 385 g/mol. The SMILES string of the molecule is O=C(NC1CN2CCC1CC2)c1cc2sc(C(=O)N3CCCC3)cc2cn1. The Labute approximate surface area is 162 Å². The quantitative estimate of drug-likeness (QED) is 0.882. The number of fused-ring (bicyclic) bond motifs is 4. The van der Waals surface area contributed by atoms with Crippen molar-refractivity contribution in [2.75, 3.05) is 32.7 Å². The highest BCUT2D eigenvalue weighted by Gasteiger charge is 2.35. The van der Waals surface area contributed by atoms with Crippen LogP contribution in [0.1, 0.15) is 45.8 Å². The minimum atomic E-state index is -0.100. The van der Waals surface area contributed by atoms with Gasteiger partial charge >= 0.3 is 0 Å². The number of thiophene rings is 1. The number of pyridine rings is 1. The molecule has 0 aliphatic carbocycles. The van der Waals surface area contributed by atoms with Gasteiger partial charge in [-0.2, -0.15) is 0 Å². The zero-order chi connectivity index (χ0) is 18.4. The molecule has 1 atom stereocenters. The maximum absolute atomic E-state index is 12.7. The standard InChI is InChI=1S/C20H24N4O2S/c25-19(22-16-12-23-7-3-13(16)4-8-23)15-10-17-14(11-21-15)9-18(27-17)20(26)24-5-1-2-6-24/h9-11,13,16H,1-8,12H2,(H,22,25). The third kappa shape index (κ3) is 3.23. The first-order valence-corrected chi connectivity index (χ1v) is 10.7. The van der Waals surface area contributed by atoms with E-state index in [0.29, 0.717) is 11.6 Å². The van der Waals surface area contributed by atoms with E-state index in [4.69, 9.17) is 0 Å². The summed E-state index contributed by atoms with van der Waals surface area (Å²) in [6, 6.07) is 3.97. The maximum Gasteiger partial charge on any atom is 0.270 e. The van der Waals surface area contributed by atoms with E-state index in [9.17, 15) is 9.59 Å². The lowest BCUT2D eigenvalue weighted by molar-refractivity contribution is 0.0618. The average Bonchev–Trinajstić information content (AvgIpc) is 3.37. The number of nitrogens with one attached hydrogen (secondary N) is 1. The summed E-state index contributed by atoms with van der Waals surface area (Å²) in [6.45, 7) is 4.96. The molecule has 6 rings (SSSR count). The second-order valence-electron chi connectivity index (χ2n) is 7.94. The summed E-state index contributed by atoms with van der Waals surface area (Å²) in [4.78, 5) is 34.8. The molecule has 2 amide bonds. The first-order chi connectivity index (χ1) is 13.2. The number of carbonyl (C=O) groups excluding carboxylic acids is 2. The number of aromatic nitrogens is 1. The van der Waals surface area contributed by atoms with Crippen molar-refractivity contribution in [1.29, 1.82) is 0 Å². The number of nitrogens with zero attached hydrogens (tertiary/aromatic N) is 3. The van der Waals surface area contributed by atoms with Crippen LogP contribution in [0.5, 0.6) is 0 Å². The Morgan fingerprint density at radius 1 is 1.11 bits per heavy atom. The minimum Gasteiger partial charge on any atom is -0.346 e. The van der Waals surface area contributed by atoms with Gasteiger partial charge in [-0.05, 0) is 56.8 Å². The van der Waals surface area contributed by atoms with Crippen molar-refractivity contribution in [2.24, 2.45) is 5.92 Å². The van der Waals surface area contributed by atoms with Crippen molar-refractivity contribution in [1.82, 2.24) is 20.1 Å². The van der Waals surface area contributed by atoms with Crippen LogP contribution in [0.2, 0.25) is 0 Å². The van der Waals surface area contributed by atoms with Crippen LogP contribution in [0.15, 0.2) is 18.3 Å². The molecule has 2 bridgehead atoms. The van der Waals surface area contributed by atoms with Crippen LogP contribution in [0.25, 0.3) is 10.1 Å². The van der Waals surface area contributed by atoms with Gasteiger partial charge in [-0.25, -0.2) is 0 Å². The molecule has 0 aromatic carbocycles. The molecule has 4 fully saturated rings. The van der Waals surface area contributed by atoms with Gasteiger partial charge in [0.25, 0.3) is 11.8 Å². The Balaban J connectivity index is 1.33. The van der Waals surface area contributed by atoms with Crippen LogP contribution in [-0.2, 0) is 0 Å². The van der Waals surface area contributed by atoms with Crippen LogP contribution in [0.4, 0.5) is 0 Å². The fourth-order valence-corrected chi connectivity index (χ4v) is 5.65. The van der Waals surface area contributed by atoms with E-state index in [0.717, 1.165) is 60.5 Å². The molecule has 27 heavy (non-hydrogen) atoms. The van der Waals surface area contributed by atoms with Crippen LogP contribution in [0.3, 0.4) is 0 Å². The molecule has 6 heterocycles. The number of rotatable bonds is 3. The topological polar surface area (TPSA) is 65.5 Å². The third-order valence-corrected chi connectivity index (χ3v) is 7.30. The summed E-state index contributed by atoms with van der Waals surface area (Å²) in [5.74, 6) is 0.595. The molecule has 0 spiro atoms. The molecule has 1 unspecified atom stereocenters. The molecule has 2 aromatic rings. The van der Waals surface area contributed by atoms with E-state index in [1.54, 1.807) is 6.20 Å². The first-order valence-electron chi connectivity index (χ1n) is 9.89. The number of likely N-dealkylation sites (tertiary alicyclic amines) is 1. The summed E-state index contributed by atoms with van der Waals surface area (Å²) in [6.07, 6.45) is 6.23. The Kier molecular flexibility index (Phi) is 4.36. The normalized spacial score (nSPS) is 27.3. The molecule has 6 nitrogen and oxygen atoms in total. The minimum absolute atomic E-state index is 0.100. The van der Waals surface area contributed by atoms with Crippen molar-refractivity contribution in [3.63, 3.8) is 0 Å². The zero-order valence-corrected chi connectivity index (χ0v) is 16.1. The largest absolute Gasteiger partial charge is 0.346 e. The van der Waals surface area contributed by atoms with Gasteiger partial charge in [-0.3, -0.25) is 14.6 Å². The van der Waals surface area contributed by atoms with Crippen molar-refractivity contribution in [2.45, 2.75) is 31.7 Å². The fourth-order valence-electron chi connectivity index (χ4n) is 4.61. The third-order valence-electron chi connectivity index (χ3n) is 6.21. The second-order valence-corrected chi connectivity index (χ2v) is 9.02. The molecular formula is C20H24N4O2S. The summed E-state index contributed by atoms with van der Waals surface area (Å²) in [7, 11) is 0. The fraction of sp³-hybridized carbons (Fsp3) is 0.550. The van der Waals surface area contributed by atoms with Crippen LogP contribution in [0, 0.1) is 5.92 Å². The van der Waals surface area contributed by atoms with Gasteiger partial charge in [0.1, 0.15) is 5.69 Å². The molecular weight excluding hydrogens is 360 g/mol. The number of hydrogen-bond acceptors (Lipinski definition) is 5. The van der Waals surface area contributed by atoms with Crippen molar-refractivity contribution >= 4 is 33.2 Å². The van der Waals surface area contributed by atoms with Crippen molar-refractivity contribution < 1.29 is 9.59 Å². The summed E-state index contributed by atoms with van der Waals surface area (Å²) < 4.78 is 0.951. The summed E-state index contributed by atoms with van der Waals surface area (Å²) in [5.41, 5.74) is 0.445. The van der Waals surface area contributed by atoms with Crippen LogP contribution >= 0.6 is 11.3 Å². The molecule has 4 aliphatic rings. The second kappa shape index (κ2) is 6.87. The summed E-state index contributed by atoms with van der Waals surface area (Å²) >= 11 is 1.46. The number of piperidine rings is 3. The molecule has 4 saturated heterocycles. The van der Waals surface area contributed by atoms with Gasteiger partial charge < -0.3 is 15.1 Å². The van der Waals surface area contributed by atoms with Crippen LogP contribution in [-0.4, -0.2) is 65.4 Å². The van der Waals surface area contributed by atoms with Gasteiger partial charge in [0.2, 0.25) is 0 Å². The predicted molar refractivity (Wildman–Crippen MR) is 105 cm³/mol. The molecule has 0 saturated carbocycles. The Morgan fingerprint density at radius 3 is 2.59 bits per heavy atom. The Morgan fingerprint density at radius 2 is 1.89 bits per heavy atom. The smallest absolute Gasteiger partial charge is 0.270 e. The lowest BCUT2D eigenvalue weighted by Crippen LogP contribution is -2.57. The van der Waals surface area contributed by atoms with E-state index in [-0.39, 0.29) is 17.9 Å². The molecule has 4 aliphatic heterocycles. The molecule has 2 aromatic heterocycles. The lowest BCUT2D eigenvalue weighted by Gasteiger charge is -2.44. The van der Waals surface area contributed by atoms with E-state index in [1.165, 1.54) is 24.2 Å². The lowest BCUT2D eigenvalue weighted by atomic mass is 9.84. The van der Waals surface area contributed by atoms with Gasteiger partial charge in [-0.15, -0.1) is 11.3 Å². The molecule has 1 N–H and O–H groups in total. The van der Waals surface area contributed by atoms with Gasteiger partial charge in [0, 0.05) is 42.0 Å². The Hall–Kier alpha value is -1.99. The van der Waals surface area contributed by atoms with Crippen molar-refractivity contribution in [3.8, 4) is 0 Å². The zero-order valence-electron chi connectivity index (χ0n) is 15.3. The van der Waals surface area contributed by atoms with Crippen LogP contribution < -0.4 is 5.32 Å².